The maximum Gasteiger partial charge on any atom is 0.344 e. The second kappa shape index (κ2) is 8.54. The van der Waals surface area contributed by atoms with Crippen molar-refractivity contribution < 1.29 is 23.8 Å². The molecule has 3 saturated heterocycles. The average molecular weight is 481 g/mol. The number of rotatable bonds is 5. The van der Waals surface area contributed by atoms with E-state index in [1.54, 1.807) is 0 Å². The molecule has 5 nitrogen and oxygen atoms in total. The highest BCUT2D eigenvalue weighted by Crippen LogP contribution is 2.73. The minimum Gasteiger partial charge on any atom is -0.367 e. The van der Waals surface area contributed by atoms with Gasteiger partial charge in [-0.15, -0.1) is 0 Å². The molecule has 2 N–H and O–H groups in total. The highest BCUT2D eigenvalue weighted by atomic mass is 31.2. The van der Waals surface area contributed by atoms with Crippen molar-refractivity contribution in [2.75, 3.05) is 0 Å². The molecule has 6 heteroatoms. The first kappa shape index (κ1) is 27.0. The number of unbranched alkanes of at least 4 members (excludes halogenated alkanes) is 1. The summed E-state index contributed by atoms with van der Waals surface area (Å²) >= 11 is 0. The summed E-state index contributed by atoms with van der Waals surface area (Å²) in [5, 5.41) is 22.6. The molecule has 1 aromatic carbocycles. The van der Waals surface area contributed by atoms with Gasteiger partial charge in [0.1, 0.15) is 5.41 Å². The Hall–Kier alpha value is -0.550. The van der Waals surface area contributed by atoms with E-state index < -0.39 is 26.3 Å². The first-order valence-corrected chi connectivity index (χ1v) is 13.4. The lowest BCUT2D eigenvalue weighted by Gasteiger charge is -2.61. The Morgan fingerprint density at radius 3 is 1.91 bits per heavy atom. The summed E-state index contributed by atoms with van der Waals surface area (Å²) in [5.41, 5.74) is 3.66. The fraction of sp³-hybridized carbons (Fsp3) is 0.778. The van der Waals surface area contributed by atoms with Crippen LogP contribution in [-0.2, 0) is 29.8 Å². The standard InChI is InChI=1S/C27H45O5P/c1-12-13-16-26(22(28)30-33-31-27(26,29)32-33)17(2)18-14-15-19(23(3,4)5)21(25(9,10)11)20(18)24(6,7)8/h14-15,17,22,28-29H,12-13,16H2,1-11H3. The van der Waals surface area contributed by atoms with Crippen LogP contribution in [0.3, 0.4) is 0 Å². The van der Waals surface area contributed by atoms with Crippen molar-refractivity contribution in [3.05, 3.63) is 34.4 Å². The Bertz CT molecular complexity index is 867. The molecule has 0 aromatic heterocycles. The topological polar surface area (TPSA) is 68.2 Å². The molecule has 1 aromatic rings. The zero-order chi connectivity index (χ0) is 25.2. The fourth-order valence-corrected chi connectivity index (χ4v) is 6.87. The Morgan fingerprint density at radius 1 is 0.939 bits per heavy atom. The summed E-state index contributed by atoms with van der Waals surface area (Å²) in [7, 11) is -1.68. The first-order chi connectivity index (χ1) is 14.9. The summed E-state index contributed by atoms with van der Waals surface area (Å²) in [4.78, 5) is 0. The predicted octanol–water partition coefficient (Wildman–Crippen LogP) is 7.13. The number of aliphatic hydroxyl groups is 2. The van der Waals surface area contributed by atoms with Crippen LogP contribution in [0.1, 0.15) is 124 Å². The summed E-state index contributed by atoms with van der Waals surface area (Å²) in [6.07, 6.45) is 1.11. The number of aliphatic hydroxyl groups excluding tert-OH is 1. The number of hydrogen-bond acceptors (Lipinski definition) is 5. The van der Waals surface area contributed by atoms with Gasteiger partial charge in [-0.1, -0.05) is 101 Å². The second-order valence-corrected chi connectivity index (χ2v) is 14.0. The van der Waals surface area contributed by atoms with Gasteiger partial charge in [0.05, 0.1) is 0 Å². The quantitative estimate of drug-likeness (QED) is 0.439. The maximum absolute atomic E-state index is 11.4. The van der Waals surface area contributed by atoms with Crippen molar-refractivity contribution in [3.63, 3.8) is 0 Å². The Kier molecular flexibility index (Phi) is 7.00. The molecule has 33 heavy (non-hydrogen) atoms. The zero-order valence-corrected chi connectivity index (χ0v) is 23.4. The van der Waals surface area contributed by atoms with Crippen molar-refractivity contribution in [2.45, 2.75) is 130 Å². The Labute approximate surface area is 202 Å². The van der Waals surface area contributed by atoms with Gasteiger partial charge < -0.3 is 10.2 Å². The average Bonchev–Trinajstić information content (AvgIpc) is 2.63. The number of hydrogen-bond donors (Lipinski definition) is 2. The van der Waals surface area contributed by atoms with Gasteiger partial charge in [-0.3, -0.25) is 13.6 Å². The van der Waals surface area contributed by atoms with E-state index in [4.69, 9.17) is 13.6 Å². The minimum atomic E-state index is -1.84. The Morgan fingerprint density at radius 2 is 1.48 bits per heavy atom. The molecule has 3 atom stereocenters. The molecule has 2 bridgehead atoms. The summed E-state index contributed by atoms with van der Waals surface area (Å²) in [5.74, 6) is -2.11. The van der Waals surface area contributed by atoms with Gasteiger partial charge in [-0.2, -0.15) is 0 Å². The third-order valence-electron chi connectivity index (χ3n) is 7.34. The van der Waals surface area contributed by atoms with Gasteiger partial charge in [0, 0.05) is 0 Å². The lowest BCUT2D eigenvalue weighted by Crippen LogP contribution is -2.67. The van der Waals surface area contributed by atoms with Gasteiger partial charge in [-0.25, -0.2) is 0 Å². The molecule has 3 heterocycles. The van der Waals surface area contributed by atoms with Crippen molar-refractivity contribution >= 4 is 8.60 Å². The second-order valence-electron chi connectivity index (χ2n) is 13.0. The van der Waals surface area contributed by atoms with Crippen LogP contribution in [0.4, 0.5) is 0 Å². The van der Waals surface area contributed by atoms with Gasteiger partial charge in [0.25, 0.3) is 0 Å². The Balaban J connectivity index is 2.33. The lowest BCUT2D eigenvalue weighted by molar-refractivity contribution is -0.458. The molecule has 3 fully saturated rings. The third kappa shape index (κ3) is 4.43. The van der Waals surface area contributed by atoms with Crippen LogP contribution < -0.4 is 0 Å². The van der Waals surface area contributed by atoms with E-state index in [0.29, 0.717) is 6.42 Å². The van der Waals surface area contributed by atoms with E-state index in [0.717, 1.165) is 18.4 Å². The van der Waals surface area contributed by atoms with Crippen LogP contribution in [0.2, 0.25) is 0 Å². The molecule has 0 aliphatic carbocycles. The normalized spacial score (nSPS) is 31.3. The van der Waals surface area contributed by atoms with E-state index in [2.05, 4.69) is 88.3 Å². The van der Waals surface area contributed by atoms with Crippen LogP contribution in [0.5, 0.6) is 0 Å². The molecule has 0 amide bonds. The fourth-order valence-electron chi connectivity index (χ4n) is 5.68. The van der Waals surface area contributed by atoms with Crippen LogP contribution in [0, 0.1) is 5.41 Å². The molecule has 3 unspecified atom stereocenters. The molecule has 0 radical (unpaired) electrons. The first-order valence-electron chi connectivity index (χ1n) is 12.3. The molecule has 0 spiro atoms. The highest BCUT2D eigenvalue weighted by molar-refractivity contribution is 7.43. The van der Waals surface area contributed by atoms with Crippen LogP contribution in [-0.4, -0.2) is 22.5 Å². The van der Waals surface area contributed by atoms with E-state index in [-0.39, 0.29) is 22.2 Å². The number of benzene rings is 1. The zero-order valence-electron chi connectivity index (χ0n) is 22.5. The summed E-state index contributed by atoms with van der Waals surface area (Å²) in [6, 6.07) is 4.44. The van der Waals surface area contributed by atoms with E-state index in [1.807, 2.05) is 0 Å². The molecule has 3 aliphatic heterocycles. The van der Waals surface area contributed by atoms with Gasteiger partial charge in [-0.05, 0) is 50.8 Å². The minimum absolute atomic E-state index is 0.0219. The van der Waals surface area contributed by atoms with Crippen molar-refractivity contribution in [2.24, 2.45) is 5.41 Å². The van der Waals surface area contributed by atoms with Crippen LogP contribution in [0.25, 0.3) is 0 Å². The molecular formula is C27H45O5P. The largest absolute Gasteiger partial charge is 0.367 e. The molecule has 188 valence electrons. The molecule has 0 saturated carbocycles. The molecular weight excluding hydrogens is 435 g/mol. The van der Waals surface area contributed by atoms with Crippen molar-refractivity contribution in [3.8, 4) is 0 Å². The van der Waals surface area contributed by atoms with Crippen molar-refractivity contribution in [1.82, 2.24) is 0 Å². The van der Waals surface area contributed by atoms with Gasteiger partial charge in [0.15, 0.2) is 6.29 Å². The van der Waals surface area contributed by atoms with E-state index in [9.17, 15) is 10.2 Å². The summed E-state index contributed by atoms with van der Waals surface area (Å²) in [6.45, 7) is 24.5. The van der Waals surface area contributed by atoms with E-state index >= 15 is 0 Å². The van der Waals surface area contributed by atoms with Crippen LogP contribution >= 0.6 is 8.60 Å². The predicted molar refractivity (Wildman–Crippen MR) is 134 cm³/mol. The smallest absolute Gasteiger partial charge is 0.344 e. The van der Waals surface area contributed by atoms with E-state index in [1.165, 1.54) is 16.7 Å². The lowest BCUT2D eigenvalue weighted by atomic mass is 9.61. The maximum atomic E-state index is 11.4. The summed E-state index contributed by atoms with van der Waals surface area (Å²) < 4.78 is 17.1. The third-order valence-corrected chi connectivity index (χ3v) is 8.51. The van der Waals surface area contributed by atoms with Crippen molar-refractivity contribution in [1.29, 1.82) is 0 Å². The van der Waals surface area contributed by atoms with Gasteiger partial charge in [0.2, 0.25) is 0 Å². The monoisotopic (exact) mass is 480 g/mol. The van der Waals surface area contributed by atoms with Crippen LogP contribution in [0.15, 0.2) is 12.1 Å². The SMILES string of the molecule is CCCCC1(C(C)c2ccc(C(C)(C)C)c(C(C)(C)C)c2C(C)(C)C)C(O)OP2OC1(O)O2. The molecule has 3 aliphatic rings. The van der Waals surface area contributed by atoms with Gasteiger partial charge >= 0.3 is 14.6 Å². The molecule has 4 rings (SSSR count). The highest BCUT2D eigenvalue weighted by Gasteiger charge is 2.73. The number of fused-ring (bicyclic) bond motifs is 2.